The number of ether oxygens (including phenoxy) is 2. The summed E-state index contributed by atoms with van der Waals surface area (Å²) in [4.78, 5) is 22.3. The van der Waals surface area contributed by atoms with Gasteiger partial charge in [-0.05, 0) is 26.0 Å². The predicted octanol–water partition coefficient (Wildman–Crippen LogP) is 2.56. The van der Waals surface area contributed by atoms with Crippen LogP contribution in [0.4, 0.5) is 10.1 Å². The van der Waals surface area contributed by atoms with Crippen LogP contribution in [0.15, 0.2) is 36.5 Å². The van der Waals surface area contributed by atoms with Gasteiger partial charge in [0, 0.05) is 5.56 Å². The molecule has 5 atom stereocenters. The van der Waals surface area contributed by atoms with Crippen molar-refractivity contribution in [2.45, 2.75) is 43.9 Å². The molecule has 3 aromatic rings. The van der Waals surface area contributed by atoms with Gasteiger partial charge in [0.15, 0.2) is 11.9 Å². The van der Waals surface area contributed by atoms with E-state index in [1.165, 1.54) is 23.9 Å². The van der Waals surface area contributed by atoms with Crippen molar-refractivity contribution in [3.63, 3.8) is 0 Å². The lowest BCUT2D eigenvalue weighted by Crippen LogP contribution is -2.44. The van der Waals surface area contributed by atoms with Crippen LogP contribution in [-0.2, 0) is 14.0 Å². The molecule has 3 heterocycles. The Morgan fingerprint density at radius 3 is 2.77 bits per heavy atom. The van der Waals surface area contributed by atoms with Gasteiger partial charge in [-0.1, -0.05) is 29.8 Å². The van der Waals surface area contributed by atoms with Crippen molar-refractivity contribution in [1.29, 1.82) is 0 Å². The molecule has 0 aliphatic carbocycles. The van der Waals surface area contributed by atoms with Crippen LogP contribution in [0.1, 0.15) is 31.7 Å². The number of aliphatic hydroxyl groups is 2. The van der Waals surface area contributed by atoms with E-state index in [9.17, 15) is 19.2 Å². The van der Waals surface area contributed by atoms with Gasteiger partial charge in [-0.25, -0.2) is 14.1 Å². The molecule has 0 unspecified atom stereocenters. The molecule has 35 heavy (non-hydrogen) atoms. The lowest BCUT2D eigenvalue weighted by atomic mass is 9.98. The van der Waals surface area contributed by atoms with Crippen LogP contribution >= 0.6 is 19.2 Å². The molecule has 4 rings (SSSR count). The van der Waals surface area contributed by atoms with Crippen LogP contribution in [0.3, 0.4) is 0 Å². The molecule has 1 saturated heterocycles. The third-order valence-electron chi connectivity index (χ3n) is 5.80. The van der Waals surface area contributed by atoms with E-state index in [1.807, 2.05) is 0 Å². The second-order valence-corrected chi connectivity index (χ2v) is 10.6. The van der Waals surface area contributed by atoms with Crippen molar-refractivity contribution >= 4 is 35.9 Å². The number of nitrogens with one attached hydrogen (secondary N) is 1. The Kier molecular flexibility index (Phi) is 7.20. The summed E-state index contributed by atoms with van der Waals surface area (Å²) in [5.74, 6) is -0.365. The van der Waals surface area contributed by atoms with Crippen LogP contribution < -0.4 is 5.32 Å². The molecule has 1 aliphatic heterocycles. The number of nitrogens with zero attached hydrogens (tertiary/aromatic N) is 3. The summed E-state index contributed by atoms with van der Waals surface area (Å²) in [6, 6.07) is 7.50. The first-order valence-corrected chi connectivity index (χ1v) is 12.8. The summed E-state index contributed by atoms with van der Waals surface area (Å²) in [6.45, 7) is 2.83. The van der Waals surface area contributed by atoms with Gasteiger partial charge in [-0.15, -0.1) is 0 Å². The van der Waals surface area contributed by atoms with E-state index < -0.39 is 50.6 Å². The SMILES string of the molecule is C[C@H](Nc1cc(Cl)nc2c1cnn2[C@@H]1O[C@](C)(COCP(=O)(O)O)[C@@H](O)[C@H]1O)c1ccccc1F. The molecular weight excluding hydrogens is 506 g/mol. The molecule has 1 fully saturated rings. The van der Waals surface area contributed by atoms with Crippen LogP contribution in [0.5, 0.6) is 0 Å². The highest BCUT2D eigenvalue weighted by Crippen LogP contribution is 2.41. The van der Waals surface area contributed by atoms with E-state index in [4.69, 9.17) is 30.9 Å². The molecule has 2 aromatic heterocycles. The van der Waals surface area contributed by atoms with E-state index >= 15 is 0 Å². The summed E-state index contributed by atoms with van der Waals surface area (Å²) in [5.41, 5.74) is -0.291. The zero-order valence-corrected chi connectivity index (χ0v) is 20.4. The summed E-state index contributed by atoms with van der Waals surface area (Å²) >= 11 is 6.24. The first-order valence-electron chi connectivity index (χ1n) is 10.6. The molecule has 11 nitrogen and oxygen atoms in total. The Labute approximate surface area is 204 Å². The normalized spacial score (nSPS) is 25.8. The van der Waals surface area contributed by atoms with Crippen LogP contribution in [0.25, 0.3) is 11.0 Å². The lowest BCUT2D eigenvalue weighted by Gasteiger charge is -2.27. The number of aromatic nitrogens is 3. The van der Waals surface area contributed by atoms with E-state index in [-0.39, 0.29) is 16.6 Å². The number of halogens is 2. The van der Waals surface area contributed by atoms with Crippen LogP contribution in [0.2, 0.25) is 5.15 Å². The minimum atomic E-state index is -4.43. The number of anilines is 1. The summed E-state index contributed by atoms with van der Waals surface area (Å²) in [6.07, 6.45) is -3.51. The van der Waals surface area contributed by atoms with Crippen molar-refractivity contribution < 1.29 is 38.4 Å². The maximum Gasteiger partial charge on any atom is 0.350 e. The Bertz CT molecular complexity index is 1270. The summed E-state index contributed by atoms with van der Waals surface area (Å²) in [7, 11) is -4.43. The van der Waals surface area contributed by atoms with E-state index in [1.54, 1.807) is 31.2 Å². The third-order valence-corrected chi connectivity index (χ3v) is 6.51. The zero-order valence-electron chi connectivity index (χ0n) is 18.7. The number of aliphatic hydroxyl groups excluding tert-OH is 2. The maximum atomic E-state index is 14.2. The molecule has 190 valence electrons. The monoisotopic (exact) mass is 530 g/mol. The van der Waals surface area contributed by atoms with E-state index in [0.717, 1.165) is 0 Å². The second kappa shape index (κ2) is 9.72. The van der Waals surface area contributed by atoms with Gasteiger partial charge in [-0.2, -0.15) is 5.10 Å². The first kappa shape index (κ1) is 25.9. The fraction of sp³-hybridized carbons (Fsp3) is 0.429. The fourth-order valence-electron chi connectivity index (χ4n) is 4.04. The number of hydrogen-bond acceptors (Lipinski definition) is 8. The highest BCUT2D eigenvalue weighted by molar-refractivity contribution is 7.51. The fourth-order valence-corrected chi connectivity index (χ4v) is 4.56. The Balaban J connectivity index is 1.62. The first-order chi connectivity index (χ1) is 16.4. The Morgan fingerprint density at radius 1 is 1.37 bits per heavy atom. The molecule has 0 bridgehead atoms. The minimum absolute atomic E-state index is 0.100. The number of rotatable bonds is 8. The Hall–Kier alpha value is -2.15. The summed E-state index contributed by atoms with van der Waals surface area (Å²) in [5, 5.41) is 29.3. The number of benzene rings is 1. The standard InChI is InChI=1S/C21H25ClFN4O7P/c1-11(12-5-3-4-6-14(12)23)25-15-7-16(22)26-19-13(15)8-24-27(19)20-17(28)18(29)21(2,34-20)9-33-10-35(30,31)32/h3-8,11,17-18,20,28-29H,9-10H2,1-2H3,(H,25,26)(H2,30,31,32)/t11-,17+,18-,20+,21+/m0/s1. The molecular formula is C21H25ClFN4O7P. The largest absolute Gasteiger partial charge is 0.387 e. The highest BCUT2D eigenvalue weighted by Gasteiger charge is 2.53. The zero-order chi connectivity index (χ0) is 25.5. The average molecular weight is 531 g/mol. The highest BCUT2D eigenvalue weighted by atomic mass is 35.5. The summed E-state index contributed by atoms with van der Waals surface area (Å²) < 4.78 is 37.4. The van der Waals surface area contributed by atoms with Crippen LogP contribution in [0, 0.1) is 5.82 Å². The van der Waals surface area contributed by atoms with Gasteiger partial charge >= 0.3 is 7.60 Å². The topological polar surface area (TPSA) is 159 Å². The lowest BCUT2D eigenvalue weighted by molar-refractivity contribution is -0.128. The van der Waals surface area contributed by atoms with Gasteiger partial charge in [0.25, 0.3) is 0 Å². The molecule has 14 heteroatoms. The van der Waals surface area contributed by atoms with Gasteiger partial charge < -0.3 is 34.8 Å². The van der Waals surface area contributed by atoms with E-state index in [0.29, 0.717) is 16.6 Å². The number of hydrogen-bond donors (Lipinski definition) is 5. The Morgan fingerprint density at radius 2 is 2.09 bits per heavy atom. The van der Waals surface area contributed by atoms with Crippen molar-refractivity contribution in [3.05, 3.63) is 53.1 Å². The smallest absolute Gasteiger partial charge is 0.350 e. The molecule has 0 radical (unpaired) electrons. The molecule has 1 aromatic carbocycles. The van der Waals surface area contributed by atoms with Gasteiger partial charge in [0.05, 0.1) is 29.9 Å². The predicted molar refractivity (Wildman–Crippen MR) is 124 cm³/mol. The maximum absolute atomic E-state index is 14.2. The van der Waals surface area contributed by atoms with Crippen molar-refractivity contribution in [2.24, 2.45) is 0 Å². The van der Waals surface area contributed by atoms with Crippen molar-refractivity contribution in [2.75, 3.05) is 18.3 Å². The van der Waals surface area contributed by atoms with E-state index in [2.05, 4.69) is 15.4 Å². The number of fused-ring (bicyclic) bond motifs is 1. The van der Waals surface area contributed by atoms with Crippen molar-refractivity contribution in [3.8, 4) is 0 Å². The average Bonchev–Trinajstić information content (AvgIpc) is 3.28. The minimum Gasteiger partial charge on any atom is -0.387 e. The molecule has 0 spiro atoms. The van der Waals surface area contributed by atoms with Gasteiger partial charge in [-0.3, -0.25) is 4.57 Å². The van der Waals surface area contributed by atoms with Crippen LogP contribution in [-0.4, -0.2) is 65.5 Å². The number of pyridine rings is 1. The molecule has 0 amide bonds. The van der Waals surface area contributed by atoms with Gasteiger partial charge in [0.2, 0.25) is 0 Å². The molecule has 5 N–H and O–H groups in total. The van der Waals surface area contributed by atoms with Crippen molar-refractivity contribution in [1.82, 2.24) is 14.8 Å². The molecule has 1 aliphatic rings. The third kappa shape index (κ3) is 5.35. The quantitative estimate of drug-likeness (QED) is 0.216. The van der Waals surface area contributed by atoms with Gasteiger partial charge in [0.1, 0.15) is 35.1 Å². The molecule has 0 saturated carbocycles. The second-order valence-electron chi connectivity index (χ2n) is 8.61.